The third-order valence-electron chi connectivity index (χ3n) is 4.99. The zero-order valence-electron chi connectivity index (χ0n) is 15.5. The molecule has 1 aliphatic heterocycles. The number of carbonyl (C=O) groups is 1. The summed E-state index contributed by atoms with van der Waals surface area (Å²) in [5.41, 5.74) is 4.77. The number of nitrogens with one attached hydrogen (secondary N) is 1. The first kappa shape index (κ1) is 18.1. The smallest absolute Gasteiger partial charge is 0.272 e. The zero-order valence-corrected chi connectivity index (χ0v) is 17.0. The van der Waals surface area contributed by atoms with E-state index in [0.29, 0.717) is 5.69 Å². The van der Waals surface area contributed by atoms with Gasteiger partial charge in [-0.15, -0.1) is 0 Å². The highest BCUT2D eigenvalue weighted by molar-refractivity contribution is 9.10. The molecule has 140 valence electrons. The molecule has 3 aromatic rings. The lowest BCUT2D eigenvalue weighted by molar-refractivity contribution is 0.101. The van der Waals surface area contributed by atoms with Gasteiger partial charge in [0.2, 0.25) is 0 Å². The summed E-state index contributed by atoms with van der Waals surface area (Å²) in [6.45, 7) is 5.29. The van der Waals surface area contributed by atoms with Gasteiger partial charge in [0.1, 0.15) is 5.69 Å². The summed E-state index contributed by atoms with van der Waals surface area (Å²) in [6.07, 6.45) is 0. The highest BCUT2D eigenvalue weighted by Crippen LogP contribution is 2.30. The van der Waals surface area contributed by atoms with E-state index in [9.17, 15) is 4.79 Å². The topological polar surface area (TPSA) is 46.5 Å². The van der Waals surface area contributed by atoms with Crippen LogP contribution in [0.2, 0.25) is 0 Å². The van der Waals surface area contributed by atoms with Crippen molar-refractivity contribution in [2.75, 3.05) is 36.5 Å². The second-order valence-electron chi connectivity index (χ2n) is 6.87. The minimum absolute atomic E-state index is 0.114. The largest absolute Gasteiger partial charge is 0.378 e. The number of morpholine rings is 1. The van der Waals surface area contributed by atoms with Gasteiger partial charge in [-0.25, -0.2) is 0 Å². The Morgan fingerprint density at radius 3 is 2.63 bits per heavy atom. The van der Waals surface area contributed by atoms with E-state index in [1.54, 1.807) is 0 Å². The van der Waals surface area contributed by atoms with Crippen molar-refractivity contribution in [3.8, 4) is 0 Å². The van der Waals surface area contributed by atoms with E-state index in [-0.39, 0.29) is 5.91 Å². The molecule has 0 spiro atoms. The highest BCUT2D eigenvalue weighted by Gasteiger charge is 2.16. The first-order valence-corrected chi connectivity index (χ1v) is 9.82. The van der Waals surface area contributed by atoms with Crippen LogP contribution in [0.15, 0.2) is 46.9 Å². The van der Waals surface area contributed by atoms with E-state index < -0.39 is 0 Å². The molecule has 0 saturated carbocycles. The summed E-state index contributed by atoms with van der Waals surface area (Å²) in [4.78, 5) is 15.1. The molecule has 1 aromatic heterocycles. The molecule has 1 aliphatic rings. The van der Waals surface area contributed by atoms with Gasteiger partial charge in [0.05, 0.1) is 18.9 Å². The first-order valence-electron chi connectivity index (χ1n) is 9.02. The van der Waals surface area contributed by atoms with E-state index >= 15 is 0 Å². The normalized spacial score (nSPS) is 14.6. The molecule has 0 aliphatic carbocycles. The molecule has 0 bridgehead atoms. The monoisotopic (exact) mass is 427 g/mol. The first-order chi connectivity index (χ1) is 13.0. The maximum Gasteiger partial charge on any atom is 0.272 e. The predicted octanol–water partition coefficient (Wildman–Crippen LogP) is 4.34. The Hall–Kier alpha value is -2.31. The van der Waals surface area contributed by atoms with Crippen LogP contribution >= 0.6 is 15.9 Å². The van der Waals surface area contributed by atoms with Gasteiger partial charge in [-0.05, 0) is 59.3 Å². The number of nitrogens with zero attached hydrogens (tertiary/aromatic N) is 2. The lowest BCUT2D eigenvalue weighted by atomic mass is 10.2. The molecule has 1 N–H and O–H groups in total. The molecule has 5 nitrogen and oxygen atoms in total. The number of anilines is 2. The molecule has 1 fully saturated rings. The summed E-state index contributed by atoms with van der Waals surface area (Å²) in [5, 5.41) is 4.09. The van der Waals surface area contributed by atoms with E-state index in [2.05, 4.69) is 51.3 Å². The van der Waals surface area contributed by atoms with E-state index in [0.717, 1.165) is 53.1 Å². The van der Waals surface area contributed by atoms with Crippen molar-refractivity contribution in [2.24, 2.45) is 7.05 Å². The third-order valence-corrected chi connectivity index (χ3v) is 5.62. The number of aromatic nitrogens is 1. The summed E-state index contributed by atoms with van der Waals surface area (Å²) in [7, 11) is 1.92. The fourth-order valence-electron chi connectivity index (χ4n) is 3.53. The van der Waals surface area contributed by atoms with E-state index in [4.69, 9.17) is 4.74 Å². The molecule has 2 heterocycles. The molecule has 0 radical (unpaired) electrons. The number of aryl methyl sites for hydroxylation is 2. The van der Waals surface area contributed by atoms with Gasteiger partial charge >= 0.3 is 0 Å². The van der Waals surface area contributed by atoms with Crippen molar-refractivity contribution in [3.05, 3.63) is 58.2 Å². The molecular formula is C21H22BrN3O2. The fraction of sp³-hybridized carbons (Fsp3) is 0.286. The fourth-order valence-corrected chi connectivity index (χ4v) is 4.16. The number of halogens is 1. The van der Waals surface area contributed by atoms with Crippen LogP contribution in [0.4, 0.5) is 11.4 Å². The number of ether oxygens (including phenoxy) is 1. The number of hydrogen-bond donors (Lipinski definition) is 1. The summed E-state index contributed by atoms with van der Waals surface area (Å²) in [5.74, 6) is -0.114. The number of carbonyl (C=O) groups excluding carboxylic acids is 1. The summed E-state index contributed by atoms with van der Waals surface area (Å²) in [6, 6.07) is 14.1. The van der Waals surface area contributed by atoms with Gasteiger partial charge in [0, 0.05) is 41.2 Å². The van der Waals surface area contributed by atoms with Crippen LogP contribution in [0.5, 0.6) is 0 Å². The number of benzene rings is 2. The van der Waals surface area contributed by atoms with Gasteiger partial charge in [-0.3, -0.25) is 4.79 Å². The second-order valence-corrected chi connectivity index (χ2v) is 7.72. The summed E-state index contributed by atoms with van der Waals surface area (Å²) < 4.78 is 8.31. The van der Waals surface area contributed by atoms with Crippen molar-refractivity contribution < 1.29 is 9.53 Å². The van der Waals surface area contributed by atoms with Crippen LogP contribution in [0.3, 0.4) is 0 Å². The van der Waals surface area contributed by atoms with Gasteiger partial charge in [0.25, 0.3) is 5.91 Å². The van der Waals surface area contributed by atoms with Gasteiger partial charge in [-0.2, -0.15) is 0 Å². The Morgan fingerprint density at radius 2 is 1.89 bits per heavy atom. The number of amides is 1. The number of fused-ring (bicyclic) bond motifs is 1. The molecule has 2 aromatic carbocycles. The lowest BCUT2D eigenvalue weighted by Crippen LogP contribution is -2.36. The zero-order chi connectivity index (χ0) is 19.0. The van der Waals surface area contributed by atoms with Crippen LogP contribution in [0.1, 0.15) is 16.1 Å². The van der Waals surface area contributed by atoms with Crippen molar-refractivity contribution in [2.45, 2.75) is 6.92 Å². The van der Waals surface area contributed by atoms with Crippen LogP contribution in [0.25, 0.3) is 10.9 Å². The Balaban J connectivity index is 1.56. The Labute approximate surface area is 167 Å². The SMILES string of the molecule is Cc1ccc2c(c1)cc(C(=O)Nc1ccc(N3CCOCC3)c(Br)c1)n2C. The average molecular weight is 428 g/mol. The minimum atomic E-state index is -0.114. The molecule has 0 atom stereocenters. The quantitative estimate of drug-likeness (QED) is 0.675. The third kappa shape index (κ3) is 3.59. The molecule has 1 saturated heterocycles. The Kier molecular flexibility index (Phi) is 4.93. The maximum absolute atomic E-state index is 12.8. The number of rotatable bonds is 3. The van der Waals surface area contributed by atoms with Gasteiger partial charge in [0.15, 0.2) is 0 Å². The summed E-state index contributed by atoms with van der Waals surface area (Å²) >= 11 is 3.64. The molecular weight excluding hydrogens is 406 g/mol. The lowest BCUT2D eigenvalue weighted by Gasteiger charge is -2.29. The number of hydrogen-bond acceptors (Lipinski definition) is 3. The maximum atomic E-state index is 12.8. The standard InChI is InChI=1S/C21H22BrN3O2/c1-14-3-5-18-15(11-14)12-20(24(18)2)21(26)23-16-4-6-19(17(22)13-16)25-7-9-27-10-8-25/h3-6,11-13H,7-10H2,1-2H3,(H,23,26). The molecule has 27 heavy (non-hydrogen) atoms. The Morgan fingerprint density at radius 1 is 1.11 bits per heavy atom. The van der Waals surface area contributed by atoms with Crippen molar-refractivity contribution >= 4 is 44.1 Å². The molecule has 4 rings (SSSR count). The van der Waals surface area contributed by atoms with Gasteiger partial charge < -0.3 is 19.5 Å². The van der Waals surface area contributed by atoms with Crippen molar-refractivity contribution in [1.82, 2.24) is 4.57 Å². The molecule has 0 unspecified atom stereocenters. The predicted molar refractivity (Wildman–Crippen MR) is 113 cm³/mol. The van der Waals surface area contributed by atoms with E-state index in [1.807, 2.05) is 35.9 Å². The minimum Gasteiger partial charge on any atom is -0.378 e. The van der Waals surface area contributed by atoms with Crippen LogP contribution in [-0.2, 0) is 11.8 Å². The molecule has 6 heteroatoms. The van der Waals surface area contributed by atoms with Crippen molar-refractivity contribution in [3.63, 3.8) is 0 Å². The van der Waals surface area contributed by atoms with Crippen molar-refractivity contribution in [1.29, 1.82) is 0 Å². The van der Waals surface area contributed by atoms with Crippen LogP contribution < -0.4 is 10.2 Å². The van der Waals surface area contributed by atoms with Crippen LogP contribution in [-0.4, -0.2) is 36.8 Å². The van der Waals surface area contributed by atoms with Crippen LogP contribution in [0, 0.1) is 6.92 Å². The van der Waals surface area contributed by atoms with E-state index in [1.165, 1.54) is 5.56 Å². The molecule has 1 amide bonds. The van der Waals surface area contributed by atoms with Gasteiger partial charge in [-0.1, -0.05) is 11.6 Å². The Bertz CT molecular complexity index is 1010. The highest BCUT2D eigenvalue weighted by atomic mass is 79.9. The second kappa shape index (κ2) is 7.37. The average Bonchev–Trinajstić information content (AvgIpc) is 2.98.